The third-order valence-corrected chi connectivity index (χ3v) is 5.18. The van der Waals surface area contributed by atoms with E-state index in [-0.39, 0.29) is 11.8 Å². The fourth-order valence-electron chi connectivity index (χ4n) is 3.74. The molecule has 1 aliphatic heterocycles. The van der Waals surface area contributed by atoms with E-state index in [9.17, 15) is 9.59 Å². The van der Waals surface area contributed by atoms with E-state index in [0.717, 1.165) is 35.1 Å². The van der Waals surface area contributed by atoms with Crippen molar-refractivity contribution in [2.45, 2.75) is 13.0 Å². The fraction of sp³-hybridized carbons (Fsp3) is 0.136. The molecule has 0 radical (unpaired) electrons. The minimum atomic E-state index is -0.192. The third kappa shape index (κ3) is 3.16. The van der Waals surface area contributed by atoms with Gasteiger partial charge in [0, 0.05) is 47.0 Å². The summed E-state index contributed by atoms with van der Waals surface area (Å²) in [5, 5.41) is 13.7. The summed E-state index contributed by atoms with van der Waals surface area (Å²) in [6.07, 6.45) is 2.55. The fourth-order valence-corrected chi connectivity index (χ4v) is 3.74. The van der Waals surface area contributed by atoms with Crippen LogP contribution < -0.4 is 10.6 Å². The molecule has 29 heavy (non-hydrogen) atoms. The zero-order chi connectivity index (χ0) is 19.8. The van der Waals surface area contributed by atoms with E-state index in [0.29, 0.717) is 23.5 Å². The highest BCUT2D eigenvalue weighted by atomic mass is 16.2. The quantitative estimate of drug-likeness (QED) is 0.505. The van der Waals surface area contributed by atoms with Crippen molar-refractivity contribution in [2.75, 3.05) is 11.9 Å². The van der Waals surface area contributed by atoms with Crippen molar-refractivity contribution in [1.82, 2.24) is 20.1 Å². The Morgan fingerprint density at radius 1 is 1.10 bits per heavy atom. The molecule has 0 unspecified atom stereocenters. The lowest BCUT2D eigenvalue weighted by Crippen LogP contribution is -2.22. The minimum absolute atomic E-state index is 0.0691. The standard InChI is InChI=1S/C22H19N5O2/c28-21(25-17-4-1-3-14(11-17)18-7-9-24-26-18)16-6-5-15-12-20-22(29)23-8-2-10-27(20)19(15)13-16/h1,3-7,9,11-13H,2,8,10H2,(H,23,29)(H,24,26)(H,25,28). The molecule has 7 heteroatoms. The predicted molar refractivity (Wildman–Crippen MR) is 111 cm³/mol. The smallest absolute Gasteiger partial charge is 0.267 e. The average molecular weight is 385 g/mol. The predicted octanol–water partition coefficient (Wildman–Crippen LogP) is 3.42. The van der Waals surface area contributed by atoms with Crippen molar-refractivity contribution in [2.24, 2.45) is 0 Å². The van der Waals surface area contributed by atoms with Crippen LogP contribution in [0.4, 0.5) is 5.69 Å². The van der Waals surface area contributed by atoms with Gasteiger partial charge in [0.25, 0.3) is 11.8 Å². The van der Waals surface area contributed by atoms with Crippen molar-refractivity contribution < 1.29 is 9.59 Å². The maximum Gasteiger partial charge on any atom is 0.267 e. The van der Waals surface area contributed by atoms with Crippen LogP contribution in [-0.2, 0) is 6.54 Å². The summed E-state index contributed by atoms with van der Waals surface area (Å²) in [4.78, 5) is 25.1. The van der Waals surface area contributed by atoms with E-state index in [1.807, 2.05) is 53.1 Å². The summed E-state index contributed by atoms with van der Waals surface area (Å²) in [5.41, 5.74) is 4.62. The van der Waals surface area contributed by atoms with Gasteiger partial charge < -0.3 is 15.2 Å². The van der Waals surface area contributed by atoms with Crippen LogP contribution in [0.3, 0.4) is 0 Å². The summed E-state index contributed by atoms with van der Waals surface area (Å²) >= 11 is 0. The summed E-state index contributed by atoms with van der Waals surface area (Å²) in [6, 6.07) is 16.9. The molecule has 0 saturated carbocycles. The van der Waals surface area contributed by atoms with Crippen LogP contribution in [0.15, 0.2) is 60.8 Å². The summed E-state index contributed by atoms with van der Waals surface area (Å²) in [5.74, 6) is -0.261. The van der Waals surface area contributed by atoms with Crippen LogP contribution in [0.25, 0.3) is 22.2 Å². The van der Waals surface area contributed by atoms with Crippen LogP contribution in [-0.4, -0.2) is 33.1 Å². The van der Waals surface area contributed by atoms with Gasteiger partial charge in [0.1, 0.15) is 5.69 Å². The molecule has 3 heterocycles. The molecule has 0 aliphatic carbocycles. The molecule has 7 nitrogen and oxygen atoms in total. The van der Waals surface area contributed by atoms with Crippen molar-refractivity contribution in [3.8, 4) is 11.3 Å². The lowest BCUT2D eigenvalue weighted by atomic mass is 10.1. The van der Waals surface area contributed by atoms with Gasteiger partial charge in [-0.15, -0.1) is 0 Å². The van der Waals surface area contributed by atoms with Crippen LogP contribution in [0.1, 0.15) is 27.3 Å². The van der Waals surface area contributed by atoms with Crippen LogP contribution in [0.5, 0.6) is 0 Å². The van der Waals surface area contributed by atoms with Gasteiger partial charge in [0.2, 0.25) is 0 Å². The lowest BCUT2D eigenvalue weighted by molar-refractivity contribution is 0.0950. The van der Waals surface area contributed by atoms with Crippen molar-refractivity contribution in [3.63, 3.8) is 0 Å². The molecule has 0 saturated heterocycles. The van der Waals surface area contributed by atoms with Crippen molar-refractivity contribution in [3.05, 3.63) is 72.1 Å². The number of hydrogen-bond donors (Lipinski definition) is 3. The van der Waals surface area contributed by atoms with Crippen LogP contribution in [0, 0.1) is 0 Å². The number of carbonyl (C=O) groups excluding carboxylic acids is 2. The molecule has 5 rings (SSSR count). The molecule has 0 spiro atoms. The number of aryl methyl sites for hydroxylation is 1. The first kappa shape index (κ1) is 17.2. The summed E-state index contributed by atoms with van der Waals surface area (Å²) in [6.45, 7) is 1.41. The van der Waals surface area contributed by atoms with E-state index in [2.05, 4.69) is 20.8 Å². The molecule has 2 amide bonds. The maximum atomic E-state index is 12.9. The Morgan fingerprint density at radius 3 is 2.90 bits per heavy atom. The largest absolute Gasteiger partial charge is 0.351 e. The molecule has 0 bridgehead atoms. The van der Waals surface area contributed by atoms with Gasteiger partial charge in [0.05, 0.1) is 5.69 Å². The molecule has 0 atom stereocenters. The highest BCUT2D eigenvalue weighted by molar-refractivity contribution is 6.07. The van der Waals surface area contributed by atoms with Crippen LogP contribution >= 0.6 is 0 Å². The first-order chi connectivity index (χ1) is 14.2. The van der Waals surface area contributed by atoms with Gasteiger partial charge in [-0.3, -0.25) is 14.7 Å². The highest BCUT2D eigenvalue weighted by Gasteiger charge is 2.19. The Morgan fingerprint density at radius 2 is 2.03 bits per heavy atom. The van der Waals surface area contributed by atoms with Gasteiger partial charge in [-0.25, -0.2) is 0 Å². The Balaban J connectivity index is 1.45. The molecular weight excluding hydrogens is 366 g/mol. The van der Waals surface area contributed by atoms with Crippen molar-refractivity contribution in [1.29, 1.82) is 0 Å². The number of nitrogens with one attached hydrogen (secondary N) is 3. The number of hydrogen-bond acceptors (Lipinski definition) is 3. The van der Waals surface area contributed by atoms with Crippen molar-refractivity contribution >= 4 is 28.4 Å². The van der Waals surface area contributed by atoms with Gasteiger partial charge in [-0.1, -0.05) is 18.2 Å². The third-order valence-electron chi connectivity index (χ3n) is 5.18. The topological polar surface area (TPSA) is 91.8 Å². The monoisotopic (exact) mass is 385 g/mol. The second kappa shape index (κ2) is 6.94. The number of anilines is 1. The Hall–Kier alpha value is -3.87. The second-order valence-electron chi connectivity index (χ2n) is 7.07. The molecule has 1 aliphatic rings. The maximum absolute atomic E-state index is 12.9. The zero-order valence-electron chi connectivity index (χ0n) is 15.6. The number of fused-ring (bicyclic) bond motifs is 3. The second-order valence-corrected chi connectivity index (χ2v) is 7.07. The number of benzene rings is 2. The molecule has 0 fully saturated rings. The zero-order valence-corrected chi connectivity index (χ0v) is 15.6. The Labute approximate surface area is 166 Å². The summed E-state index contributed by atoms with van der Waals surface area (Å²) < 4.78 is 1.99. The van der Waals surface area contributed by atoms with E-state index >= 15 is 0 Å². The number of carbonyl (C=O) groups is 2. The van der Waals surface area contributed by atoms with E-state index in [1.165, 1.54) is 0 Å². The van der Waals surface area contributed by atoms with E-state index in [1.54, 1.807) is 12.3 Å². The number of nitrogens with zero attached hydrogens (tertiary/aromatic N) is 2. The Bertz CT molecular complexity index is 1220. The van der Waals surface area contributed by atoms with Crippen LogP contribution in [0.2, 0.25) is 0 Å². The molecular formula is C22H19N5O2. The minimum Gasteiger partial charge on any atom is -0.351 e. The van der Waals surface area contributed by atoms with E-state index < -0.39 is 0 Å². The number of rotatable bonds is 3. The number of aromatic nitrogens is 3. The van der Waals surface area contributed by atoms with Gasteiger partial charge in [0.15, 0.2) is 0 Å². The molecule has 3 N–H and O–H groups in total. The molecule has 2 aromatic carbocycles. The summed E-state index contributed by atoms with van der Waals surface area (Å²) in [7, 11) is 0. The first-order valence-corrected chi connectivity index (χ1v) is 9.52. The normalized spacial score (nSPS) is 13.6. The molecule has 2 aromatic heterocycles. The number of aromatic amines is 1. The number of amides is 2. The first-order valence-electron chi connectivity index (χ1n) is 9.52. The average Bonchev–Trinajstić information content (AvgIpc) is 3.35. The van der Waals surface area contributed by atoms with E-state index in [4.69, 9.17) is 0 Å². The number of H-pyrrole nitrogens is 1. The van der Waals surface area contributed by atoms with Gasteiger partial charge >= 0.3 is 0 Å². The molecule has 4 aromatic rings. The Kier molecular flexibility index (Phi) is 4.13. The lowest BCUT2D eigenvalue weighted by Gasteiger charge is -2.09. The highest BCUT2D eigenvalue weighted by Crippen LogP contribution is 2.25. The van der Waals surface area contributed by atoms with Gasteiger partial charge in [-0.2, -0.15) is 5.10 Å². The SMILES string of the molecule is O=C(Nc1cccc(-c2ccn[nH]2)c1)c1ccc2cc3n(c2c1)CCCNC3=O. The molecule has 144 valence electrons. The van der Waals surface area contributed by atoms with Gasteiger partial charge in [-0.05, 0) is 42.8 Å².